The molecule has 120 valence electrons. The highest BCUT2D eigenvalue weighted by Crippen LogP contribution is 2.84. The molecule has 0 saturated heterocycles. The summed E-state index contributed by atoms with van der Waals surface area (Å²) in [5.41, 5.74) is 0. The summed E-state index contributed by atoms with van der Waals surface area (Å²) in [4.78, 5) is 17.6. The number of hydrogen-bond acceptors (Lipinski definition) is 4. The molecule has 2 aliphatic rings. The van der Waals surface area contributed by atoms with Gasteiger partial charge >= 0.3 is 0 Å². The van der Waals surface area contributed by atoms with Crippen LogP contribution >= 0.6 is 92.8 Å². The lowest BCUT2D eigenvalue weighted by Crippen LogP contribution is -2.67. The van der Waals surface area contributed by atoms with Crippen LogP contribution in [0.15, 0.2) is 0 Å². The van der Waals surface area contributed by atoms with Crippen LogP contribution in [0.5, 0.6) is 0 Å². The van der Waals surface area contributed by atoms with Gasteiger partial charge in [-0.2, -0.15) is 0 Å². The summed E-state index contributed by atoms with van der Waals surface area (Å²) < 4.78 is -7.54. The Morgan fingerprint density at radius 3 is 1.05 bits per heavy atom. The minimum atomic E-state index is -2.55. The van der Waals surface area contributed by atoms with E-state index >= 15 is 0 Å². The summed E-state index contributed by atoms with van der Waals surface area (Å²) >= 11 is 48.4. The summed E-state index contributed by atoms with van der Waals surface area (Å²) in [6.07, 6.45) is 0. The van der Waals surface area contributed by atoms with E-state index in [1.54, 1.807) is 0 Å². The van der Waals surface area contributed by atoms with Gasteiger partial charge < -0.3 is 19.8 Å². The van der Waals surface area contributed by atoms with E-state index in [-0.39, 0.29) is 0 Å². The number of aliphatic carboxylic acids is 2. The number of hydrogen-bond donors (Lipinski definition) is 0. The number of alkyl halides is 8. The van der Waals surface area contributed by atoms with E-state index in [0.29, 0.717) is 0 Å². The predicted molar refractivity (Wildman–Crippen MR) is 77.5 cm³/mol. The molecule has 2 bridgehead atoms. The number of rotatable bonds is 2. The first-order valence-corrected chi connectivity index (χ1v) is 8.09. The number of fused-ring (bicyclic) bond motifs is 2. The summed E-state index contributed by atoms with van der Waals surface area (Å²) in [6, 6.07) is 0. The molecule has 0 radical (unpaired) electrons. The zero-order valence-electron chi connectivity index (χ0n) is 9.31. The van der Waals surface area contributed by atoms with Gasteiger partial charge in [0.15, 0.2) is 13.0 Å². The smallest absolute Gasteiger partial charge is 0.175 e. The number of carboxylic acid groups (broad SMARTS) is 2. The Morgan fingerprint density at radius 1 is 0.619 bits per heavy atom. The van der Waals surface area contributed by atoms with Crippen molar-refractivity contribution in [2.45, 2.75) is 22.7 Å². The van der Waals surface area contributed by atoms with Crippen LogP contribution in [0.2, 0.25) is 0 Å². The fraction of sp³-hybridized carbons (Fsp3) is 0.778. The fourth-order valence-electron chi connectivity index (χ4n) is 2.95. The number of carbonyl (C=O) groups is 2. The predicted octanol–water partition coefficient (Wildman–Crippen LogP) is 1.22. The van der Waals surface area contributed by atoms with Gasteiger partial charge in [0.05, 0.1) is 0 Å². The molecule has 0 aromatic rings. The van der Waals surface area contributed by atoms with Gasteiger partial charge in [-0.25, -0.2) is 0 Å². The van der Waals surface area contributed by atoms with E-state index < -0.39 is 46.5 Å². The second kappa shape index (κ2) is 4.66. The standard InChI is InChI=1S/C9H4Cl8O4/c10-5-1(3(18)19)2(4(20)21)6(11,7(5,12)13)9(16,17)8(5,14)15/h1-2H,(H,18,19)(H,20,21)/p-2. The second-order valence-corrected chi connectivity index (χ2v) is 9.91. The maximum absolute atomic E-state index is 11.4. The Labute approximate surface area is 158 Å². The van der Waals surface area contributed by atoms with Crippen LogP contribution < -0.4 is 10.2 Å². The van der Waals surface area contributed by atoms with Crippen molar-refractivity contribution in [2.75, 3.05) is 0 Å². The third kappa shape index (κ3) is 1.60. The maximum atomic E-state index is 11.4. The van der Waals surface area contributed by atoms with Crippen molar-refractivity contribution in [3.05, 3.63) is 0 Å². The van der Waals surface area contributed by atoms with E-state index in [4.69, 9.17) is 92.8 Å². The molecule has 4 atom stereocenters. The summed E-state index contributed by atoms with van der Waals surface area (Å²) in [6.45, 7) is 0. The SMILES string of the molecule is O=C([O-])C1C(C(=O)[O-])C2(Cl)C(Cl)(Cl)C(Cl)(Cl)C1(Cl)C2(Cl)Cl. The highest BCUT2D eigenvalue weighted by Gasteiger charge is 2.96. The minimum Gasteiger partial charge on any atom is -0.550 e. The third-order valence-corrected chi connectivity index (χ3v) is 10.2. The molecular formula is C9H2Cl8O4-2. The van der Waals surface area contributed by atoms with E-state index in [1.165, 1.54) is 0 Å². The van der Waals surface area contributed by atoms with Crippen molar-refractivity contribution in [2.24, 2.45) is 11.8 Å². The molecule has 0 heterocycles. The van der Waals surface area contributed by atoms with Crippen LogP contribution in [0.4, 0.5) is 0 Å². The van der Waals surface area contributed by atoms with Crippen LogP contribution in [0, 0.1) is 11.8 Å². The van der Waals surface area contributed by atoms with Crippen molar-refractivity contribution in [1.29, 1.82) is 0 Å². The fourth-order valence-corrected chi connectivity index (χ4v) is 7.26. The van der Waals surface area contributed by atoms with Gasteiger partial charge in [0.1, 0.15) is 9.75 Å². The average molecular weight is 458 g/mol. The third-order valence-electron chi connectivity index (χ3n) is 3.92. The highest BCUT2D eigenvalue weighted by atomic mass is 35.5. The van der Waals surface area contributed by atoms with E-state index in [2.05, 4.69) is 0 Å². The molecule has 0 aliphatic heterocycles. The van der Waals surface area contributed by atoms with Crippen molar-refractivity contribution in [3.8, 4) is 0 Å². The molecule has 2 fully saturated rings. The summed E-state index contributed by atoms with van der Waals surface area (Å²) in [5.74, 6) is -8.08. The number of halogens is 8. The van der Waals surface area contributed by atoms with Crippen LogP contribution in [0.1, 0.15) is 0 Å². The topological polar surface area (TPSA) is 80.3 Å². The van der Waals surface area contributed by atoms with Gasteiger partial charge in [-0.15, -0.1) is 23.2 Å². The molecule has 4 nitrogen and oxygen atoms in total. The number of carboxylic acids is 2. The lowest BCUT2D eigenvalue weighted by molar-refractivity contribution is -0.328. The Balaban J connectivity index is 2.92. The summed E-state index contributed by atoms with van der Waals surface area (Å²) in [5, 5.41) is 22.7. The molecule has 4 unspecified atom stereocenters. The van der Waals surface area contributed by atoms with Crippen molar-refractivity contribution >= 4 is 105 Å². The minimum absolute atomic E-state index is 1.94. The largest absolute Gasteiger partial charge is 0.550 e. The van der Waals surface area contributed by atoms with E-state index in [1.807, 2.05) is 0 Å². The van der Waals surface area contributed by atoms with Gasteiger partial charge in [-0.1, -0.05) is 69.6 Å². The first-order valence-electron chi connectivity index (χ1n) is 5.07. The lowest BCUT2D eigenvalue weighted by atomic mass is 9.77. The highest BCUT2D eigenvalue weighted by molar-refractivity contribution is 6.75. The van der Waals surface area contributed by atoms with Crippen LogP contribution in [-0.2, 0) is 9.59 Å². The molecule has 0 spiro atoms. The Hall–Kier alpha value is 1.26. The monoisotopic (exact) mass is 454 g/mol. The van der Waals surface area contributed by atoms with Gasteiger partial charge in [-0.3, -0.25) is 0 Å². The molecule has 2 aliphatic carbocycles. The lowest BCUT2D eigenvalue weighted by Gasteiger charge is -2.50. The first-order chi connectivity index (χ1) is 9.14. The Kier molecular flexibility index (Phi) is 4.13. The van der Waals surface area contributed by atoms with E-state index in [9.17, 15) is 19.8 Å². The quantitative estimate of drug-likeness (QED) is 0.584. The molecule has 2 rings (SSSR count). The summed E-state index contributed by atoms with van der Waals surface area (Å²) in [7, 11) is 0. The molecule has 21 heavy (non-hydrogen) atoms. The van der Waals surface area contributed by atoms with Gasteiger partial charge in [-0.05, 0) is 0 Å². The zero-order valence-corrected chi connectivity index (χ0v) is 15.4. The molecule has 12 heteroatoms. The Morgan fingerprint density at radius 2 is 0.857 bits per heavy atom. The molecule has 0 N–H and O–H groups in total. The average Bonchev–Trinajstić information content (AvgIpc) is 2.48. The molecular weight excluding hydrogens is 456 g/mol. The normalized spacial score (nSPS) is 45.5. The molecule has 0 aromatic carbocycles. The van der Waals surface area contributed by atoms with E-state index in [0.717, 1.165) is 0 Å². The first kappa shape index (κ1) is 18.6. The van der Waals surface area contributed by atoms with Gasteiger partial charge in [0.25, 0.3) is 0 Å². The van der Waals surface area contributed by atoms with Crippen molar-refractivity contribution in [3.63, 3.8) is 0 Å². The van der Waals surface area contributed by atoms with Gasteiger partial charge in [0, 0.05) is 23.8 Å². The van der Waals surface area contributed by atoms with Crippen LogP contribution in [-0.4, -0.2) is 34.7 Å². The van der Waals surface area contributed by atoms with Crippen LogP contribution in [0.25, 0.3) is 0 Å². The zero-order chi connectivity index (χ0) is 16.8. The molecule has 2 saturated carbocycles. The van der Waals surface area contributed by atoms with Crippen LogP contribution in [0.3, 0.4) is 0 Å². The number of carbonyl (C=O) groups excluding carboxylic acids is 2. The van der Waals surface area contributed by atoms with Crippen molar-refractivity contribution < 1.29 is 19.8 Å². The van der Waals surface area contributed by atoms with Crippen molar-refractivity contribution in [1.82, 2.24) is 0 Å². The Bertz CT molecular complexity index is 502. The maximum Gasteiger partial charge on any atom is 0.175 e. The molecule has 0 aromatic heterocycles. The molecule has 0 amide bonds. The van der Waals surface area contributed by atoms with Gasteiger partial charge in [0.2, 0.25) is 0 Å². The second-order valence-electron chi connectivity index (χ2n) is 4.74.